The number of anilines is 2. The van der Waals surface area contributed by atoms with E-state index in [0.717, 1.165) is 37.2 Å². The van der Waals surface area contributed by atoms with Crippen LogP contribution in [0.25, 0.3) is 0 Å². The highest BCUT2D eigenvalue weighted by atomic mass is 19.1. The molecule has 10 heteroatoms. The van der Waals surface area contributed by atoms with Crippen molar-refractivity contribution < 1.29 is 13.9 Å². The van der Waals surface area contributed by atoms with E-state index in [1.807, 2.05) is 10.9 Å². The largest absolute Gasteiger partial charge is 0.494 e. The molecule has 1 aliphatic heterocycles. The van der Waals surface area contributed by atoms with Gasteiger partial charge in [-0.05, 0) is 69.1 Å². The fraction of sp³-hybridized carbons (Fsp3) is 0.417. The number of aromatic nitrogens is 4. The summed E-state index contributed by atoms with van der Waals surface area (Å²) >= 11 is 0. The number of carbonyl (C=O) groups excluding carboxylic acids is 1. The van der Waals surface area contributed by atoms with Gasteiger partial charge in [-0.2, -0.15) is 5.10 Å². The third-order valence-corrected chi connectivity index (χ3v) is 6.13. The summed E-state index contributed by atoms with van der Waals surface area (Å²) in [6, 6.07) is 3.36. The van der Waals surface area contributed by atoms with Gasteiger partial charge in [-0.3, -0.25) is 9.48 Å². The molecule has 1 saturated heterocycles. The predicted octanol–water partition coefficient (Wildman–Crippen LogP) is 2.98. The second-order valence-corrected chi connectivity index (χ2v) is 8.51. The van der Waals surface area contributed by atoms with Crippen LogP contribution in [-0.2, 0) is 12.8 Å². The van der Waals surface area contributed by atoms with Crippen LogP contribution in [0, 0.1) is 5.82 Å². The summed E-state index contributed by atoms with van der Waals surface area (Å²) in [7, 11) is 5.06. The topological polar surface area (TPSA) is 97.2 Å². The molecule has 0 saturated carbocycles. The number of carbonyl (C=O) groups is 1. The van der Waals surface area contributed by atoms with E-state index in [4.69, 9.17) is 4.74 Å². The van der Waals surface area contributed by atoms with Crippen LogP contribution in [-0.4, -0.2) is 64.9 Å². The molecular weight excluding hydrogens is 437 g/mol. The number of methoxy groups -OCH3 is 1. The SMILES string of the molecule is CNC(=O)c1cc(CCc2cnc(Nc3cnn(C4CCN(C)CC4)c3)nc2)c(F)c(OC)c1. The van der Waals surface area contributed by atoms with E-state index >= 15 is 0 Å². The van der Waals surface area contributed by atoms with Gasteiger partial charge < -0.3 is 20.3 Å². The summed E-state index contributed by atoms with van der Waals surface area (Å²) in [6.07, 6.45) is 10.3. The number of amides is 1. The average Bonchev–Trinajstić information content (AvgIpc) is 3.32. The number of nitrogens with one attached hydrogen (secondary N) is 2. The van der Waals surface area contributed by atoms with Crippen LogP contribution < -0.4 is 15.4 Å². The van der Waals surface area contributed by atoms with Crippen molar-refractivity contribution in [3.8, 4) is 5.75 Å². The maximum atomic E-state index is 14.7. The van der Waals surface area contributed by atoms with Crippen molar-refractivity contribution in [3.63, 3.8) is 0 Å². The predicted molar refractivity (Wildman–Crippen MR) is 127 cm³/mol. The molecule has 34 heavy (non-hydrogen) atoms. The van der Waals surface area contributed by atoms with Gasteiger partial charge >= 0.3 is 0 Å². The van der Waals surface area contributed by atoms with Crippen molar-refractivity contribution in [1.29, 1.82) is 0 Å². The van der Waals surface area contributed by atoms with Crippen LogP contribution in [0.4, 0.5) is 16.0 Å². The Morgan fingerprint density at radius 1 is 1.18 bits per heavy atom. The summed E-state index contributed by atoms with van der Waals surface area (Å²) in [6.45, 7) is 2.15. The lowest BCUT2D eigenvalue weighted by atomic mass is 10.0. The molecular formula is C24H30FN7O2. The molecule has 2 aromatic heterocycles. The van der Waals surface area contributed by atoms with E-state index in [1.54, 1.807) is 24.7 Å². The van der Waals surface area contributed by atoms with E-state index in [1.165, 1.54) is 20.2 Å². The van der Waals surface area contributed by atoms with Crippen molar-refractivity contribution in [1.82, 2.24) is 30.0 Å². The molecule has 1 fully saturated rings. The number of hydrogen-bond donors (Lipinski definition) is 2. The van der Waals surface area contributed by atoms with E-state index < -0.39 is 5.82 Å². The molecule has 0 atom stereocenters. The Balaban J connectivity index is 1.37. The summed E-state index contributed by atoms with van der Waals surface area (Å²) in [5.74, 6) is -0.234. The van der Waals surface area contributed by atoms with Crippen LogP contribution >= 0.6 is 0 Å². The van der Waals surface area contributed by atoms with Crippen LogP contribution in [0.3, 0.4) is 0 Å². The highest BCUT2D eigenvalue weighted by Gasteiger charge is 2.19. The minimum absolute atomic E-state index is 0.0488. The van der Waals surface area contributed by atoms with Crippen molar-refractivity contribution in [3.05, 3.63) is 59.4 Å². The molecule has 3 heterocycles. The molecule has 0 spiro atoms. The molecule has 2 N–H and O–H groups in total. The zero-order chi connectivity index (χ0) is 24.1. The van der Waals surface area contributed by atoms with E-state index in [0.29, 0.717) is 36.0 Å². The smallest absolute Gasteiger partial charge is 0.251 e. The summed E-state index contributed by atoms with van der Waals surface area (Å²) in [5.41, 5.74) is 2.46. The molecule has 0 bridgehead atoms. The normalized spacial score (nSPS) is 14.7. The van der Waals surface area contributed by atoms with Gasteiger partial charge in [-0.1, -0.05) is 0 Å². The van der Waals surface area contributed by atoms with Crippen molar-refractivity contribution in [2.75, 3.05) is 39.6 Å². The molecule has 180 valence electrons. The number of likely N-dealkylation sites (tertiary alicyclic amines) is 1. The van der Waals surface area contributed by atoms with Gasteiger partial charge in [0.25, 0.3) is 5.91 Å². The first-order valence-electron chi connectivity index (χ1n) is 11.4. The third-order valence-electron chi connectivity index (χ3n) is 6.13. The molecule has 3 aromatic rings. The Morgan fingerprint density at radius 2 is 1.91 bits per heavy atom. The number of benzene rings is 1. The molecule has 1 amide bonds. The number of nitrogens with zero attached hydrogens (tertiary/aromatic N) is 5. The summed E-state index contributed by atoms with van der Waals surface area (Å²) < 4.78 is 21.8. The lowest BCUT2D eigenvalue weighted by Gasteiger charge is -2.28. The highest BCUT2D eigenvalue weighted by molar-refractivity contribution is 5.94. The van der Waals surface area contributed by atoms with Crippen LogP contribution in [0.2, 0.25) is 0 Å². The van der Waals surface area contributed by atoms with Crippen LogP contribution in [0.5, 0.6) is 5.75 Å². The quantitative estimate of drug-likeness (QED) is 0.526. The van der Waals surface area contributed by atoms with Gasteiger partial charge in [0.15, 0.2) is 11.6 Å². The number of ether oxygens (including phenoxy) is 1. The third kappa shape index (κ3) is 5.51. The highest BCUT2D eigenvalue weighted by Crippen LogP contribution is 2.25. The lowest BCUT2D eigenvalue weighted by molar-refractivity contribution is 0.0962. The number of rotatable bonds is 8. The Kier molecular flexibility index (Phi) is 7.36. The van der Waals surface area contributed by atoms with Gasteiger partial charge in [0.1, 0.15) is 0 Å². The maximum Gasteiger partial charge on any atom is 0.251 e. The van der Waals surface area contributed by atoms with Crippen LogP contribution in [0.15, 0.2) is 36.9 Å². The second kappa shape index (κ2) is 10.6. The number of halogens is 1. The van der Waals surface area contributed by atoms with Gasteiger partial charge in [0.05, 0.1) is 25.0 Å². The Morgan fingerprint density at radius 3 is 2.59 bits per heavy atom. The summed E-state index contributed by atoms with van der Waals surface area (Å²) in [5, 5.41) is 10.2. The van der Waals surface area contributed by atoms with Crippen molar-refractivity contribution in [2.24, 2.45) is 0 Å². The van der Waals surface area contributed by atoms with Gasteiger partial charge in [0, 0.05) is 31.2 Å². The Labute approximate surface area is 198 Å². The zero-order valence-corrected chi connectivity index (χ0v) is 19.7. The van der Waals surface area contributed by atoms with Crippen molar-refractivity contribution >= 4 is 17.5 Å². The minimum atomic E-state index is -0.462. The molecule has 0 unspecified atom stereocenters. The zero-order valence-electron chi connectivity index (χ0n) is 19.7. The molecule has 9 nitrogen and oxygen atoms in total. The first-order valence-corrected chi connectivity index (χ1v) is 11.4. The van der Waals surface area contributed by atoms with Gasteiger partial charge in [-0.25, -0.2) is 14.4 Å². The average molecular weight is 468 g/mol. The molecule has 4 rings (SSSR count). The van der Waals surface area contributed by atoms with Crippen molar-refractivity contribution in [2.45, 2.75) is 31.7 Å². The second-order valence-electron chi connectivity index (χ2n) is 8.51. The van der Waals surface area contributed by atoms with Gasteiger partial charge in [0.2, 0.25) is 5.95 Å². The summed E-state index contributed by atoms with van der Waals surface area (Å²) in [4.78, 5) is 23.1. The standard InChI is InChI=1S/C24H30FN7O2/c1-26-23(33)18-10-17(22(25)21(11-18)34-3)5-4-16-12-27-24(28-13-16)30-19-14-29-32(15-19)20-6-8-31(2)9-7-20/h10-15,20H,4-9H2,1-3H3,(H,26,33)(H,27,28,30). The van der Waals surface area contributed by atoms with E-state index in [9.17, 15) is 9.18 Å². The number of piperidine rings is 1. The fourth-order valence-corrected chi connectivity index (χ4v) is 4.08. The molecule has 0 aliphatic carbocycles. The van der Waals surface area contributed by atoms with Crippen LogP contribution in [0.1, 0.15) is 40.4 Å². The molecule has 1 aliphatic rings. The first-order chi connectivity index (χ1) is 16.5. The molecule has 1 aromatic carbocycles. The number of hydrogen-bond acceptors (Lipinski definition) is 7. The Hall–Kier alpha value is -3.53. The first kappa shape index (κ1) is 23.6. The molecule has 0 radical (unpaired) electrons. The Bertz CT molecular complexity index is 1120. The monoisotopic (exact) mass is 467 g/mol. The minimum Gasteiger partial charge on any atom is -0.494 e. The van der Waals surface area contributed by atoms with Gasteiger partial charge in [-0.15, -0.1) is 0 Å². The lowest BCUT2D eigenvalue weighted by Crippen LogP contribution is -2.31. The van der Waals surface area contributed by atoms with E-state index in [-0.39, 0.29) is 11.7 Å². The number of aryl methyl sites for hydroxylation is 2. The maximum absolute atomic E-state index is 14.7. The fourth-order valence-electron chi connectivity index (χ4n) is 4.08. The van der Waals surface area contributed by atoms with E-state index in [2.05, 4.69) is 37.6 Å².